The molecule has 138 valence electrons. The fourth-order valence-electron chi connectivity index (χ4n) is 2.60. The maximum absolute atomic E-state index is 12.1. The summed E-state index contributed by atoms with van der Waals surface area (Å²) in [5, 5.41) is 7.31. The number of rotatable bonds is 6. The van der Waals surface area contributed by atoms with Gasteiger partial charge in [0, 0.05) is 18.0 Å². The smallest absolute Gasteiger partial charge is 0.309 e. The van der Waals surface area contributed by atoms with Crippen molar-refractivity contribution in [2.24, 2.45) is 0 Å². The molecule has 26 heavy (non-hydrogen) atoms. The molecule has 2 aromatic rings. The Bertz CT molecular complexity index is 777. The average Bonchev–Trinajstić information content (AvgIpc) is 3.30. The lowest BCUT2D eigenvalue weighted by atomic mass is 10.2. The van der Waals surface area contributed by atoms with Crippen molar-refractivity contribution < 1.29 is 19.1 Å². The third-order valence-corrected chi connectivity index (χ3v) is 5.02. The minimum absolute atomic E-state index is 0.0283. The zero-order valence-corrected chi connectivity index (χ0v) is 15.5. The van der Waals surface area contributed by atoms with Crippen LogP contribution < -0.4 is 20.1 Å². The summed E-state index contributed by atoms with van der Waals surface area (Å²) in [6, 6.07) is 9.41. The van der Waals surface area contributed by atoms with E-state index in [1.807, 2.05) is 42.6 Å². The molecule has 0 saturated carbocycles. The minimum Gasteiger partial charge on any atom is -0.454 e. The highest BCUT2D eigenvalue weighted by Gasteiger charge is 2.19. The molecule has 8 heteroatoms. The van der Waals surface area contributed by atoms with Gasteiger partial charge in [-0.05, 0) is 43.2 Å². The van der Waals surface area contributed by atoms with Gasteiger partial charge in [0.05, 0.1) is 6.04 Å². The Kier molecular flexibility index (Phi) is 5.75. The first-order valence-electron chi connectivity index (χ1n) is 8.19. The summed E-state index contributed by atoms with van der Waals surface area (Å²) in [5.41, 5.74) is 0.833. The van der Waals surface area contributed by atoms with E-state index >= 15 is 0 Å². The van der Waals surface area contributed by atoms with Gasteiger partial charge in [0.2, 0.25) is 6.79 Å². The standard InChI is InChI=1S/C18H21N3O4S/c1-21(2)13(16-4-3-7-26-16)10-20-18(23)17(22)19-9-12-5-6-14-15(8-12)25-11-24-14/h3-8,13H,9-11H2,1-2H3,(H,19,22)(H,20,23). The molecule has 1 aromatic carbocycles. The van der Waals surface area contributed by atoms with Gasteiger partial charge in [0.15, 0.2) is 11.5 Å². The van der Waals surface area contributed by atoms with E-state index < -0.39 is 11.8 Å². The highest BCUT2D eigenvalue weighted by Crippen LogP contribution is 2.32. The maximum Gasteiger partial charge on any atom is 0.309 e. The molecule has 1 aliphatic heterocycles. The van der Waals surface area contributed by atoms with Crippen LogP contribution in [0.15, 0.2) is 35.7 Å². The van der Waals surface area contributed by atoms with E-state index in [4.69, 9.17) is 9.47 Å². The van der Waals surface area contributed by atoms with Crippen molar-refractivity contribution in [1.29, 1.82) is 0 Å². The number of likely N-dealkylation sites (N-methyl/N-ethyl adjacent to an activating group) is 1. The Hall–Kier alpha value is -2.58. The summed E-state index contributed by atoms with van der Waals surface area (Å²) in [5.74, 6) is 0.0209. The summed E-state index contributed by atoms with van der Waals surface area (Å²) in [7, 11) is 3.88. The SMILES string of the molecule is CN(C)C(CNC(=O)C(=O)NCc1ccc2c(c1)OCO2)c1cccs1. The normalized spacial score (nSPS) is 13.5. The van der Waals surface area contributed by atoms with Gasteiger partial charge in [-0.1, -0.05) is 12.1 Å². The number of carbonyl (C=O) groups excluding carboxylic acids is 2. The average molecular weight is 375 g/mol. The van der Waals surface area contributed by atoms with Gasteiger partial charge in [-0.25, -0.2) is 0 Å². The van der Waals surface area contributed by atoms with Crippen molar-refractivity contribution in [3.05, 3.63) is 46.2 Å². The van der Waals surface area contributed by atoms with Crippen molar-refractivity contribution in [1.82, 2.24) is 15.5 Å². The molecular weight excluding hydrogens is 354 g/mol. The molecule has 0 bridgehead atoms. The number of hydrogen-bond donors (Lipinski definition) is 2. The molecule has 1 unspecified atom stereocenters. The topological polar surface area (TPSA) is 79.9 Å². The Morgan fingerprint density at radius 2 is 1.92 bits per heavy atom. The Labute approximate surface area is 155 Å². The number of fused-ring (bicyclic) bond motifs is 1. The molecule has 0 saturated heterocycles. The predicted molar refractivity (Wildman–Crippen MR) is 98.2 cm³/mol. The summed E-state index contributed by atoms with van der Waals surface area (Å²) in [4.78, 5) is 27.2. The van der Waals surface area contributed by atoms with Gasteiger partial charge >= 0.3 is 11.8 Å². The zero-order chi connectivity index (χ0) is 18.5. The Morgan fingerprint density at radius 1 is 1.15 bits per heavy atom. The number of amides is 2. The van der Waals surface area contributed by atoms with E-state index in [2.05, 4.69) is 10.6 Å². The molecule has 0 radical (unpaired) electrons. The van der Waals surface area contributed by atoms with Crippen molar-refractivity contribution in [2.75, 3.05) is 27.4 Å². The van der Waals surface area contributed by atoms with Crippen LogP contribution >= 0.6 is 11.3 Å². The molecule has 1 aliphatic rings. The number of thiophene rings is 1. The van der Waals surface area contributed by atoms with Crippen LogP contribution in [-0.2, 0) is 16.1 Å². The van der Waals surface area contributed by atoms with Gasteiger partial charge in [-0.2, -0.15) is 0 Å². The first-order valence-corrected chi connectivity index (χ1v) is 9.07. The third-order valence-electron chi connectivity index (χ3n) is 4.05. The van der Waals surface area contributed by atoms with E-state index in [9.17, 15) is 9.59 Å². The van der Waals surface area contributed by atoms with Crippen molar-refractivity contribution >= 4 is 23.2 Å². The molecule has 3 rings (SSSR count). The van der Waals surface area contributed by atoms with Crippen LogP contribution in [-0.4, -0.2) is 44.1 Å². The Morgan fingerprint density at radius 3 is 2.65 bits per heavy atom. The van der Waals surface area contributed by atoms with Gasteiger partial charge in [0.25, 0.3) is 0 Å². The lowest BCUT2D eigenvalue weighted by Crippen LogP contribution is -2.42. The number of hydrogen-bond acceptors (Lipinski definition) is 6. The van der Waals surface area contributed by atoms with Gasteiger partial charge < -0.3 is 25.0 Å². The summed E-state index contributed by atoms with van der Waals surface area (Å²) < 4.78 is 10.5. The Balaban J connectivity index is 1.49. The second-order valence-electron chi connectivity index (χ2n) is 6.08. The van der Waals surface area contributed by atoms with Crippen LogP contribution in [0.1, 0.15) is 16.5 Å². The van der Waals surface area contributed by atoms with Gasteiger partial charge in [0.1, 0.15) is 0 Å². The molecule has 0 aliphatic carbocycles. The van der Waals surface area contributed by atoms with Crippen LogP contribution in [0, 0.1) is 0 Å². The van der Waals surface area contributed by atoms with Gasteiger partial charge in [-0.15, -0.1) is 11.3 Å². The quantitative estimate of drug-likeness (QED) is 0.749. The zero-order valence-electron chi connectivity index (χ0n) is 14.7. The maximum atomic E-state index is 12.1. The molecule has 1 atom stereocenters. The third kappa shape index (κ3) is 4.33. The van der Waals surface area contributed by atoms with Crippen molar-refractivity contribution in [2.45, 2.75) is 12.6 Å². The summed E-state index contributed by atoms with van der Waals surface area (Å²) in [6.07, 6.45) is 0. The van der Waals surface area contributed by atoms with Crippen LogP contribution in [0.4, 0.5) is 0 Å². The molecule has 7 nitrogen and oxygen atoms in total. The number of carbonyl (C=O) groups is 2. The molecule has 2 amide bonds. The number of benzene rings is 1. The highest BCUT2D eigenvalue weighted by atomic mass is 32.1. The summed E-state index contributed by atoms with van der Waals surface area (Å²) >= 11 is 1.62. The highest BCUT2D eigenvalue weighted by molar-refractivity contribution is 7.10. The fraction of sp³-hybridized carbons (Fsp3) is 0.333. The van der Waals surface area contributed by atoms with Crippen LogP contribution in [0.5, 0.6) is 11.5 Å². The van der Waals surface area contributed by atoms with E-state index in [1.165, 1.54) is 0 Å². The van der Waals surface area contributed by atoms with Crippen molar-refractivity contribution in [3.8, 4) is 11.5 Å². The number of nitrogens with one attached hydrogen (secondary N) is 2. The molecule has 1 aromatic heterocycles. The fourth-order valence-corrected chi connectivity index (χ4v) is 3.52. The minimum atomic E-state index is -0.661. The lowest BCUT2D eigenvalue weighted by molar-refractivity contribution is -0.139. The monoisotopic (exact) mass is 375 g/mol. The van der Waals surface area contributed by atoms with Crippen molar-refractivity contribution in [3.63, 3.8) is 0 Å². The van der Waals surface area contributed by atoms with E-state index in [0.717, 1.165) is 10.4 Å². The number of ether oxygens (including phenoxy) is 2. The lowest BCUT2D eigenvalue weighted by Gasteiger charge is -2.23. The molecular formula is C18H21N3O4S. The summed E-state index contributed by atoms with van der Waals surface area (Å²) in [6.45, 7) is 0.805. The largest absolute Gasteiger partial charge is 0.454 e. The van der Waals surface area contributed by atoms with Crippen LogP contribution in [0.3, 0.4) is 0 Å². The second kappa shape index (κ2) is 8.20. The predicted octanol–water partition coefficient (Wildman–Crippen LogP) is 1.51. The second-order valence-corrected chi connectivity index (χ2v) is 7.05. The first-order chi connectivity index (χ1) is 12.5. The van der Waals surface area contributed by atoms with E-state index in [1.54, 1.807) is 23.5 Å². The van der Waals surface area contributed by atoms with Crippen LogP contribution in [0.2, 0.25) is 0 Å². The van der Waals surface area contributed by atoms with Crippen LogP contribution in [0.25, 0.3) is 0 Å². The van der Waals surface area contributed by atoms with E-state index in [-0.39, 0.29) is 19.4 Å². The van der Waals surface area contributed by atoms with E-state index in [0.29, 0.717) is 18.0 Å². The molecule has 0 spiro atoms. The van der Waals surface area contributed by atoms with Gasteiger partial charge in [-0.3, -0.25) is 9.59 Å². The number of nitrogens with zero attached hydrogens (tertiary/aromatic N) is 1. The molecule has 0 fully saturated rings. The molecule has 2 heterocycles. The molecule has 2 N–H and O–H groups in total. The first kappa shape index (κ1) is 18.2.